The SMILES string of the molecule is O=S(=O)(c1ccccc1)n1ccc2cc(Br)ccc21. The minimum atomic E-state index is -3.53. The Bertz CT molecular complexity index is 838. The quantitative estimate of drug-likeness (QED) is 0.717. The molecule has 0 aliphatic heterocycles. The number of nitrogens with zero attached hydrogens (tertiary/aromatic N) is 1. The van der Waals surface area contributed by atoms with E-state index in [2.05, 4.69) is 15.9 Å². The zero-order valence-electron chi connectivity index (χ0n) is 9.82. The van der Waals surface area contributed by atoms with Gasteiger partial charge in [0.1, 0.15) is 0 Å². The topological polar surface area (TPSA) is 39.1 Å². The van der Waals surface area contributed by atoms with Crippen molar-refractivity contribution in [2.45, 2.75) is 4.90 Å². The van der Waals surface area contributed by atoms with Gasteiger partial charge in [0.05, 0.1) is 10.4 Å². The fourth-order valence-electron chi connectivity index (χ4n) is 2.00. The molecular formula is C14H10BrNO2S. The van der Waals surface area contributed by atoms with Gasteiger partial charge < -0.3 is 0 Å². The lowest BCUT2D eigenvalue weighted by Crippen LogP contribution is -2.11. The first kappa shape index (κ1) is 12.4. The highest BCUT2D eigenvalue weighted by Gasteiger charge is 2.18. The van der Waals surface area contributed by atoms with Crippen molar-refractivity contribution in [3.05, 3.63) is 65.3 Å². The molecule has 0 fully saturated rings. The molecule has 1 aromatic heterocycles. The van der Waals surface area contributed by atoms with Gasteiger partial charge in [-0.1, -0.05) is 34.1 Å². The number of hydrogen-bond acceptors (Lipinski definition) is 2. The van der Waals surface area contributed by atoms with Gasteiger partial charge in [0.25, 0.3) is 10.0 Å². The smallest absolute Gasteiger partial charge is 0.241 e. The molecule has 0 radical (unpaired) electrons. The Kier molecular flexibility index (Phi) is 2.95. The molecule has 0 atom stereocenters. The van der Waals surface area contributed by atoms with E-state index in [-0.39, 0.29) is 4.90 Å². The Hall–Kier alpha value is -1.59. The van der Waals surface area contributed by atoms with Crippen LogP contribution in [-0.4, -0.2) is 12.4 Å². The van der Waals surface area contributed by atoms with Crippen molar-refractivity contribution >= 4 is 36.9 Å². The minimum Gasteiger partial charge on any atom is -0.241 e. The predicted octanol–water partition coefficient (Wildman–Crippen LogP) is 3.64. The fourth-order valence-corrected chi connectivity index (χ4v) is 3.76. The predicted molar refractivity (Wildman–Crippen MR) is 78.7 cm³/mol. The molecule has 0 saturated heterocycles. The summed E-state index contributed by atoms with van der Waals surface area (Å²) in [6.45, 7) is 0. The molecular weight excluding hydrogens is 326 g/mol. The normalized spacial score (nSPS) is 11.8. The second kappa shape index (κ2) is 4.51. The van der Waals surface area contributed by atoms with Crippen LogP contribution in [-0.2, 0) is 10.0 Å². The van der Waals surface area contributed by atoms with E-state index in [1.165, 1.54) is 3.97 Å². The van der Waals surface area contributed by atoms with E-state index in [0.717, 1.165) is 9.86 Å². The Labute approximate surface area is 119 Å². The molecule has 96 valence electrons. The number of rotatable bonds is 2. The molecule has 0 bridgehead atoms. The summed E-state index contributed by atoms with van der Waals surface area (Å²) in [6, 6.07) is 15.7. The van der Waals surface area contributed by atoms with Gasteiger partial charge in [-0.05, 0) is 36.4 Å². The van der Waals surface area contributed by atoms with Crippen LogP contribution in [0.25, 0.3) is 10.9 Å². The molecule has 0 saturated carbocycles. The second-order valence-electron chi connectivity index (χ2n) is 4.13. The third kappa shape index (κ3) is 2.09. The van der Waals surface area contributed by atoms with Gasteiger partial charge in [-0.3, -0.25) is 0 Å². The highest BCUT2D eigenvalue weighted by atomic mass is 79.9. The van der Waals surface area contributed by atoms with Gasteiger partial charge >= 0.3 is 0 Å². The summed E-state index contributed by atoms with van der Waals surface area (Å²) in [4.78, 5) is 0.287. The van der Waals surface area contributed by atoms with Crippen LogP contribution in [0.5, 0.6) is 0 Å². The molecule has 3 nitrogen and oxygen atoms in total. The van der Waals surface area contributed by atoms with Crippen molar-refractivity contribution in [3.63, 3.8) is 0 Å². The number of fused-ring (bicyclic) bond motifs is 1. The first-order valence-corrected chi connectivity index (χ1v) is 7.89. The van der Waals surface area contributed by atoms with E-state index in [0.29, 0.717) is 5.52 Å². The molecule has 5 heteroatoms. The maximum absolute atomic E-state index is 12.5. The lowest BCUT2D eigenvalue weighted by atomic mass is 10.3. The maximum Gasteiger partial charge on any atom is 0.268 e. The zero-order chi connectivity index (χ0) is 13.5. The molecule has 0 aliphatic rings. The molecule has 19 heavy (non-hydrogen) atoms. The maximum atomic E-state index is 12.5. The lowest BCUT2D eigenvalue weighted by Gasteiger charge is -2.07. The van der Waals surface area contributed by atoms with Crippen molar-refractivity contribution in [2.24, 2.45) is 0 Å². The van der Waals surface area contributed by atoms with E-state index in [9.17, 15) is 8.42 Å². The summed E-state index contributed by atoms with van der Waals surface area (Å²) < 4.78 is 27.3. The van der Waals surface area contributed by atoms with E-state index < -0.39 is 10.0 Å². The van der Waals surface area contributed by atoms with Crippen LogP contribution in [0.3, 0.4) is 0 Å². The molecule has 2 aromatic carbocycles. The van der Waals surface area contributed by atoms with Crippen molar-refractivity contribution in [1.29, 1.82) is 0 Å². The minimum absolute atomic E-state index is 0.287. The first-order chi connectivity index (χ1) is 9.09. The molecule has 0 unspecified atom stereocenters. The summed E-state index contributed by atoms with van der Waals surface area (Å²) in [5.74, 6) is 0. The number of aromatic nitrogens is 1. The Morgan fingerprint density at radius 1 is 0.947 bits per heavy atom. The standard InChI is InChI=1S/C14H10BrNO2S/c15-12-6-7-14-11(10-12)8-9-16(14)19(17,18)13-4-2-1-3-5-13/h1-10H. The molecule has 0 N–H and O–H groups in total. The van der Waals surface area contributed by atoms with Crippen LogP contribution in [0, 0.1) is 0 Å². The number of hydrogen-bond donors (Lipinski definition) is 0. The van der Waals surface area contributed by atoms with E-state index in [4.69, 9.17) is 0 Å². The van der Waals surface area contributed by atoms with E-state index in [1.54, 1.807) is 48.7 Å². The molecule has 3 rings (SSSR count). The van der Waals surface area contributed by atoms with E-state index in [1.807, 2.05) is 12.1 Å². The van der Waals surface area contributed by atoms with Crippen molar-refractivity contribution in [1.82, 2.24) is 3.97 Å². The summed E-state index contributed by atoms with van der Waals surface area (Å²) >= 11 is 3.38. The highest BCUT2D eigenvalue weighted by molar-refractivity contribution is 9.10. The Morgan fingerprint density at radius 3 is 2.42 bits per heavy atom. The van der Waals surface area contributed by atoms with Gasteiger partial charge in [0.15, 0.2) is 0 Å². The average molecular weight is 336 g/mol. The fraction of sp³-hybridized carbons (Fsp3) is 0. The molecule has 0 aliphatic carbocycles. The summed E-state index contributed by atoms with van der Waals surface area (Å²) in [6.07, 6.45) is 1.58. The highest BCUT2D eigenvalue weighted by Crippen LogP contribution is 2.24. The van der Waals surface area contributed by atoms with Crippen LogP contribution in [0.1, 0.15) is 0 Å². The lowest BCUT2D eigenvalue weighted by molar-refractivity contribution is 0.589. The molecule has 3 aromatic rings. The Morgan fingerprint density at radius 2 is 1.68 bits per heavy atom. The van der Waals surface area contributed by atoms with Gasteiger partial charge in [0.2, 0.25) is 0 Å². The zero-order valence-corrected chi connectivity index (χ0v) is 12.2. The number of benzene rings is 2. The van der Waals surface area contributed by atoms with E-state index >= 15 is 0 Å². The first-order valence-electron chi connectivity index (χ1n) is 5.66. The summed E-state index contributed by atoms with van der Waals surface area (Å²) in [5, 5.41) is 0.883. The van der Waals surface area contributed by atoms with Crippen LogP contribution in [0.4, 0.5) is 0 Å². The molecule has 1 heterocycles. The van der Waals surface area contributed by atoms with Gasteiger partial charge in [-0.25, -0.2) is 12.4 Å². The average Bonchev–Trinajstić information content (AvgIpc) is 2.83. The van der Waals surface area contributed by atoms with Crippen molar-refractivity contribution < 1.29 is 8.42 Å². The van der Waals surface area contributed by atoms with Crippen LogP contribution >= 0.6 is 15.9 Å². The summed E-state index contributed by atoms with van der Waals surface area (Å²) in [5.41, 5.74) is 0.673. The van der Waals surface area contributed by atoms with Crippen LogP contribution in [0.15, 0.2) is 70.2 Å². The van der Waals surface area contributed by atoms with Crippen molar-refractivity contribution in [2.75, 3.05) is 0 Å². The third-order valence-corrected chi connectivity index (χ3v) is 5.11. The van der Waals surface area contributed by atoms with Crippen molar-refractivity contribution in [3.8, 4) is 0 Å². The largest absolute Gasteiger partial charge is 0.268 e. The second-order valence-corrected chi connectivity index (χ2v) is 6.86. The Balaban J connectivity index is 2.25. The number of halogens is 1. The summed E-state index contributed by atoms with van der Waals surface area (Å²) in [7, 11) is -3.53. The molecule has 0 spiro atoms. The van der Waals surface area contributed by atoms with Crippen LogP contribution in [0.2, 0.25) is 0 Å². The van der Waals surface area contributed by atoms with Crippen LogP contribution < -0.4 is 0 Å². The monoisotopic (exact) mass is 335 g/mol. The van der Waals surface area contributed by atoms with Gasteiger partial charge in [-0.15, -0.1) is 0 Å². The van der Waals surface area contributed by atoms with Gasteiger partial charge in [0, 0.05) is 16.1 Å². The molecule has 0 amide bonds. The third-order valence-electron chi connectivity index (χ3n) is 2.92. The van der Waals surface area contributed by atoms with Gasteiger partial charge in [-0.2, -0.15) is 0 Å².